The Morgan fingerprint density at radius 1 is 1.38 bits per heavy atom. The largest absolute Gasteiger partial charge is 0.486 e. The number of hydrogen-bond donors (Lipinski definition) is 0. The van der Waals surface area contributed by atoms with Gasteiger partial charge in [-0.25, -0.2) is 0 Å². The standard InChI is InChI=1S/C11H11N3O2/c1-14-8-12-13-11(14)7-16-10-4-2-9(6-15)3-5-10/h2-6,8H,7H2,1H3. The van der Waals surface area contributed by atoms with Gasteiger partial charge in [-0.3, -0.25) is 4.79 Å². The first-order valence-electron chi connectivity index (χ1n) is 4.80. The van der Waals surface area contributed by atoms with E-state index in [1.54, 1.807) is 35.2 Å². The van der Waals surface area contributed by atoms with E-state index in [0.29, 0.717) is 17.9 Å². The molecule has 5 nitrogen and oxygen atoms in total. The van der Waals surface area contributed by atoms with Crippen molar-refractivity contribution in [1.82, 2.24) is 14.8 Å². The number of aryl methyl sites for hydroxylation is 1. The minimum Gasteiger partial charge on any atom is -0.486 e. The molecule has 0 fully saturated rings. The van der Waals surface area contributed by atoms with Crippen molar-refractivity contribution < 1.29 is 9.53 Å². The predicted molar refractivity (Wildman–Crippen MR) is 57.2 cm³/mol. The second-order valence-electron chi connectivity index (χ2n) is 3.33. The minimum absolute atomic E-state index is 0.358. The zero-order chi connectivity index (χ0) is 11.4. The van der Waals surface area contributed by atoms with E-state index in [1.807, 2.05) is 7.05 Å². The molecule has 0 spiro atoms. The Labute approximate surface area is 92.7 Å². The molecule has 1 aromatic heterocycles. The number of hydrogen-bond acceptors (Lipinski definition) is 4. The summed E-state index contributed by atoms with van der Waals surface area (Å²) in [5.41, 5.74) is 0.631. The van der Waals surface area contributed by atoms with Crippen molar-refractivity contribution in [2.24, 2.45) is 7.05 Å². The van der Waals surface area contributed by atoms with Gasteiger partial charge in [0.25, 0.3) is 0 Å². The number of rotatable bonds is 4. The molecule has 0 radical (unpaired) electrons. The monoisotopic (exact) mass is 217 g/mol. The molecule has 82 valence electrons. The van der Waals surface area contributed by atoms with E-state index < -0.39 is 0 Å². The summed E-state index contributed by atoms with van der Waals surface area (Å²) in [6.07, 6.45) is 2.42. The lowest BCUT2D eigenvalue weighted by Gasteiger charge is -2.05. The highest BCUT2D eigenvalue weighted by Gasteiger charge is 2.01. The molecule has 0 N–H and O–H groups in total. The van der Waals surface area contributed by atoms with Gasteiger partial charge in [-0.15, -0.1) is 10.2 Å². The third-order valence-electron chi connectivity index (χ3n) is 2.19. The molecule has 1 aromatic carbocycles. The van der Waals surface area contributed by atoms with E-state index in [2.05, 4.69) is 10.2 Å². The van der Waals surface area contributed by atoms with Gasteiger partial charge in [-0.2, -0.15) is 0 Å². The highest BCUT2D eigenvalue weighted by atomic mass is 16.5. The van der Waals surface area contributed by atoms with Crippen LogP contribution in [0.25, 0.3) is 0 Å². The van der Waals surface area contributed by atoms with Crippen LogP contribution < -0.4 is 4.74 Å². The first-order chi connectivity index (χ1) is 7.79. The third kappa shape index (κ3) is 2.25. The van der Waals surface area contributed by atoms with Gasteiger partial charge in [0.05, 0.1) is 0 Å². The fourth-order valence-corrected chi connectivity index (χ4v) is 1.23. The number of benzene rings is 1. The molecule has 16 heavy (non-hydrogen) atoms. The van der Waals surface area contributed by atoms with Crippen LogP contribution in [0.5, 0.6) is 5.75 Å². The Balaban J connectivity index is 1.99. The van der Waals surface area contributed by atoms with E-state index in [0.717, 1.165) is 12.1 Å². The zero-order valence-electron chi connectivity index (χ0n) is 8.83. The molecule has 0 amide bonds. The summed E-state index contributed by atoms with van der Waals surface area (Å²) in [5.74, 6) is 1.45. The van der Waals surface area contributed by atoms with Gasteiger partial charge in [0.1, 0.15) is 25.0 Å². The zero-order valence-corrected chi connectivity index (χ0v) is 8.83. The first-order valence-corrected chi connectivity index (χ1v) is 4.80. The van der Waals surface area contributed by atoms with Crippen LogP contribution in [0, 0.1) is 0 Å². The second kappa shape index (κ2) is 4.57. The van der Waals surface area contributed by atoms with Crippen LogP contribution in [0.1, 0.15) is 16.2 Å². The van der Waals surface area contributed by atoms with Gasteiger partial charge in [0, 0.05) is 12.6 Å². The third-order valence-corrected chi connectivity index (χ3v) is 2.19. The van der Waals surface area contributed by atoms with Gasteiger partial charge in [-0.05, 0) is 24.3 Å². The van der Waals surface area contributed by atoms with Crippen LogP contribution in [-0.4, -0.2) is 21.1 Å². The van der Waals surface area contributed by atoms with Crippen molar-refractivity contribution in [1.29, 1.82) is 0 Å². The molecule has 2 aromatic rings. The summed E-state index contributed by atoms with van der Waals surface area (Å²) in [6.45, 7) is 0.358. The van der Waals surface area contributed by atoms with Crippen molar-refractivity contribution in [2.45, 2.75) is 6.61 Å². The number of aldehydes is 1. The van der Waals surface area contributed by atoms with E-state index in [4.69, 9.17) is 4.74 Å². The van der Waals surface area contributed by atoms with Crippen molar-refractivity contribution in [3.8, 4) is 5.75 Å². The fourth-order valence-electron chi connectivity index (χ4n) is 1.23. The second-order valence-corrected chi connectivity index (χ2v) is 3.33. The molecule has 0 aliphatic carbocycles. The van der Waals surface area contributed by atoms with E-state index in [9.17, 15) is 4.79 Å². The molecule has 0 aliphatic heterocycles. The number of ether oxygens (including phenoxy) is 1. The first kappa shape index (κ1) is 10.4. The Kier molecular flexibility index (Phi) is 2.95. The molecule has 5 heteroatoms. The van der Waals surface area contributed by atoms with Gasteiger partial charge in [-0.1, -0.05) is 0 Å². The van der Waals surface area contributed by atoms with E-state index in [-0.39, 0.29) is 0 Å². The van der Waals surface area contributed by atoms with Crippen LogP contribution in [0.2, 0.25) is 0 Å². The molecule has 0 aliphatic rings. The number of carbonyl (C=O) groups is 1. The molecular weight excluding hydrogens is 206 g/mol. The average Bonchev–Trinajstić information content (AvgIpc) is 2.73. The summed E-state index contributed by atoms with van der Waals surface area (Å²) in [5, 5.41) is 7.64. The summed E-state index contributed by atoms with van der Waals surface area (Å²) in [7, 11) is 1.86. The SMILES string of the molecule is Cn1cnnc1COc1ccc(C=O)cc1. The molecular formula is C11H11N3O2. The van der Waals surface area contributed by atoms with Crippen molar-refractivity contribution in [2.75, 3.05) is 0 Å². The molecule has 0 saturated heterocycles. The normalized spacial score (nSPS) is 10.1. The van der Waals surface area contributed by atoms with Crippen LogP contribution in [-0.2, 0) is 13.7 Å². The van der Waals surface area contributed by atoms with Crippen LogP contribution in [0.15, 0.2) is 30.6 Å². The molecule has 2 rings (SSSR count). The van der Waals surface area contributed by atoms with Crippen LogP contribution in [0.4, 0.5) is 0 Å². The predicted octanol–water partition coefficient (Wildman–Crippen LogP) is 1.21. The number of aromatic nitrogens is 3. The lowest BCUT2D eigenvalue weighted by atomic mass is 10.2. The van der Waals surface area contributed by atoms with E-state index in [1.165, 1.54) is 0 Å². The Hall–Kier alpha value is -2.17. The maximum atomic E-state index is 10.4. The number of nitrogens with zero attached hydrogens (tertiary/aromatic N) is 3. The van der Waals surface area contributed by atoms with E-state index >= 15 is 0 Å². The summed E-state index contributed by atoms with van der Waals surface area (Å²) in [4.78, 5) is 10.4. The Morgan fingerprint density at radius 2 is 2.12 bits per heavy atom. The Bertz CT molecular complexity index is 476. The quantitative estimate of drug-likeness (QED) is 0.722. The molecule has 1 heterocycles. The average molecular weight is 217 g/mol. The lowest BCUT2D eigenvalue weighted by molar-refractivity contribution is 0.112. The van der Waals surface area contributed by atoms with Crippen molar-refractivity contribution >= 4 is 6.29 Å². The van der Waals surface area contributed by atoms with Gasteiger partial charge in [0.15, 0.2) is 5.82 Å². The van der Waals surface area contributed by atoms with Crippen molar-refractivity contribution in [3.63, 3.8) is 0 Å². The molecule has 0 atom stereocenters. The maximum Gasteiger partial charge on any atom is 0.170 e. The Morgan fingerprint density at radius 3 is 2.69 bits per heavy atom. The summed E-state index contributed by atoms with van der Waals surface area (Å²) >= 11 is 0. The summed E-state index contributed by atoms with van der Waals surface area (Å²) in [6, 6.07) is 6.91. The highest BCUT2D eigenvalue weighted by molar-refractivity contribution is 5.74. The smallest absolute Gasteiger partial charge is 0.170 e. The topological polar surface area (TPSA) is 57.0 Å². The van der Waals surface area contributed by atoms with Gasteiger partial charge < -0.3 is 9.30 Å². The van der Waals surface area contributed by atoms with Crippen LogP contribution >= 0.6 is 0 Å². The molecule has 0 unspecified atom stereocenters. The summed E-state index contributed by atoms with van der Waals surface area (Å²) < 4.78 is 7.28. The maximum absolute atomic E-state index is 10.4. The van der Waals surface area contributed by atoms with Crippen molar-refractivity contribution in [3.05, 3.63) is 42.0 Å². The fraction of sp³-hybridized carbons (Fsp3) is 0.182. The van der Waals surface area contributed by atoms with Gasteiger partial charge in [0.2, 0.25) is 0 Å². The highest BCUT2D eigenvalue weighted by Crippen LogP contribution is 2.12. The minimum atomic E-state index is 0.358. The van der Waals surface area contributed by atoms with Gasteiger partial charge >= 0.3 is 0 Å². The van der Waals surface area contributed by atoms with Crippen LogP contribution in [0.3, 0.4) is 0 Å². The number of carbonyl (C=O) groups excluding carboxylic acids is 1. The lowest BCUT2D eigenvalue weighted by Crippen LogP contribution is -2.02. The molecule has 0 saturated carbocycles. The molecule has 0 bridgehead atoms.